The smallest absolute Gasteiger partial charge is 0.254 e. The van der Waals surface area contributed by atoms with Gasteiger partial charge in [0.1, 0.15) is 24.3 Å². The second-order valence-corrected chi connectivity index (χ2v) is 7.08. The molecule has 1 atom stereocenters. The zero-order valence-corrected chi connectivity index (χ0v) is 16.7. The van der Waals surface area contributed by atoms with Crippen molar-refractivity contribution < 1.29 is 23.4 Å². The number of benzene rings is 2. The summed E-state index contributed by atoms with van der Waals surface area (Å²) in [5.74, 6) is 0.324. The van der Waals surface area contributed by atoms with Crippen molar-refractivity contribution in [3.8, 4) is 5.75 Å². The van der Waals surface area contributed by atoms with E-state index in [1.54, 1.807) is 48.5 Å². The van der Waals surface area contributed by atoms with Crippen molar-refractivity contribution in [2.75, 3.05) is 40.0 Å². The lowest BCUT2D eigenvalue weighted by Crippen LogP contribution is -2.42. The van der Waals surface area contributed by atoms with E-state index in [1.165, 1.54) is 12.1 Å². The van der Waals surface area contributed by atoms with E-state index in [2.05, 4.69) is 4.98 Å². The van der Waals surface area contributed by atoms with Crippen molar-refractivity contribution in [3.05, 3.63) is 71.8 Å². The van der Waals surface area contributed by atoms with Crippen LogP contribution in [0.4, 0.5) is 4.39 Å². The minimum Gasteiger partial charge on any atom is -0.491 e. The number of methoxy groups -OCH3 is 1. The number of rotatable bonds is 6. The molecule has 30 heavy (non-hydrogen) atoms. The summed E-state index contributed by atoms with van der Waals surface area (Å²) < 4.78 is 29.9. The van der Waals surface area contributed by atoms with Crippen molar-refractivity contribution >= 4 is 16.7 Å². The van der Waals surface area contributed by atoms with E-state index in [4.69, 9.17) is 14.2 Å². The van der Waals surface area contributed by atoms with Gasteiger partial charge in [-0.15, -0.1) is 0 Å². The van der Waals surface area contributed by atoms with Gasteiger partial charge >= 0.3 is 0 Å². The number of carbonyl (C=O) groups is 1. The Kier molecular flexibility index (Phi) is 6.21. The topological polar surface area (TPSA) is 60.9 Å². The van der Waals surface area contributed by atoms with Crippen molar-refractivity contribution in [1.29, 1.82) is 0 Å². The molecule has 1 aliphatic heterocycles. The summed E-state index contributed by atoms with van der Waals surface area (Å²) in [6.07, 6.45) is 1.35. The van der Waals surface area contributed by atoms with Gasteiger partial charge < -0.3 is 19.1 Å². The molecule has 1 amide bonds. The molecule has 0 spiro atoms. The SMILES string of the molecule is COCCOc1ccc(C(=O)N2CCOC(c3cc4cc(F)ccc4cn3)C2)cc1. The van der Waals surface area contributed by atoms with Crippen LogP contribution in [0.1, 0.15) is 22.2 Å². The summed E-state index contributed by atoms with van der Waals surface area (Å²) in [5.41, 5.74) is 1.27. The minimum atomic E-state index is -0.355. The summed E-state index contributed by atoms with van der Waals surface area (Å²) in [6, 6.07) is 13.5. The van der Waals surface area contributed by atoms with Gasteiger partial charge in [0.25, 0.3) is 5.91 Å². The highest BCUT2D eigenvalue weighted by Crippen LogP contribution is 2.25. The number of ether oxygens (including phenoxy) is 3. The number of carbonyl (C=O) groups excluding carboxylic acids is 1. The number of morpholine rings is 1. The second kappa shape index (κ2) is 9.19. The monoisotopic (exact) mass is 410 g/mol. The first-order chi connectivity index (χ1) is 14.6. The maximum Gasteiger partial charge on any atom is 0.254 e. The minimum absolute atomic E-state index is 0.0708. The second-order valence-electron chi connectivity index (χ2n) is 7.08. The third kappa shape index (κ3) is 4.58. The Morgan fingerprint density at radius 1 is 1.17 bits per heavy atom. The molecular formula is C23H23FN2O4. The quantitative estimate of drug-likeness (QED) is 0.581. The van der Waals surface area contributed by atoms with E-state index < -0.39 is 0 Å². The van der Waals surface area contributed by atoms with Crippen LogP contribution in [0, 0.1) is 5.82 Å². The molecule has 1 saturated heterocycles. The van der Waals surface area contributed by atoms with Gasteiger partial charge in [0, 0.05) is 30.8 Å². The first-order valence-electron chi connectivity index (χ1n) is 9.82. The van der Waals surface area contributed by atoms with E-state index in [-0.39, 0.29) is 17.8 Å². The Morgan fingerprint density at radius 2 is 2.00 bits per heavy atom. The molecule has 1 unspecified atom stereocenters. The third-order valence-electron chi connectivity index (χ3n) is 5.05. The van der Waals surface area contributed by atoms with Gasteiger partial charge in [-0.2, -0.15) is 0 Å². The Bertz CT molecular complexity index is 1030. The molecule has 2 heterocycles. The van der Waals surface area contributed by atoms with Gasteiger partial charge in [-0.05, 0) is 53.9 Å². The van der Waals surface area contributed by atoms with E-state index in [0.717, 1.165) is 10.8 Å². The number of amides is 1. The van der Waals surface area contributed by atoms with Crippen LogP contribution >= 0.6 is 0 Å². The molecule has 4 rings (SSSR count). The van der Waals surface area contributed by atoms with Crippen LogP contribution in [0.3, 0.4) is 0 Å². The van der Waals surface area contributed by atoms with Crippen LogP contribution in [0.2, 0.25) is 0 Å². The van der Waals surface area contributed by atoms with Gasteiger partial charge in [-0.3, -0.25) is 9.78 Å². The molecule has 6 nitrogen and oxygen atoms in total. The molecule has 7 heteroatoms. The van der Waals surface area contributed by atoms with Gasteiger partial charge in [-0.1, -0.05) is 0 Å². The summed E-state index contributed by atoms with van der Waals surface area (Å²) in [5, 5.41) is 1.62. The zero-order chi connectivity index (χ0) is 20.9. The lowest BCUT2D eigenvalue weighted by atomic mass is 10.1. The average Bonchev–Trinajstić information content (AvgIpc) is 2.79. The lowest BCUT2D eigenvalue weighted by molar-refractivity contribution is -0.0246. The number of pyridine rings is 1. The maximum absolute atomic E-state index is 13.6. The van der Waals surface area contributed by atoms with Crippen LogP contribution in [-0.2, 0) is 9.47 Å². The normalized spacial score (nSPS) is 16.6. The van der Waals surface area contributed by atoms with Crippen LogP contribution < -0.4 is 4.74 Å². The number of aromatic nitrogens is 1. The number of hydrogen-bond donors (Lipinski definition) is 0. The number of hydrogen-bond acceptors (Lipinski definition) is 5. The average molecular weight is 410 g/mol. The summed E-state index contributed by atoms with van der Waals surface area (Å²) in [4.78, 5) is 19.2. The molecule has 2 aromatic carbocycles. The van der Waals surface area contributed by atoms with Gasteiger partial charge in [0.05, 0.1) is 25.5 Å². The molecule has 0 radical (unpaired) electrons. The summed E-state index contributed by atoms with van der Waals surface area (Å²) in [7, 11) is 1.62. The van der Waals surface area contributed by atoms with E-state index in [9.17, 15) is 9.18 Å². The Balaban J connectivity index is 1.45. The largest absolute Gasteiger partial charge is 0.491 e. The molecule has 1 aromatic heterocycles. The van der Waals surface area contributed by atoms with Gasteiger partial charge in [0.15, 0.2) is 0 Å². The van der Waals surface area contributed by atoms with Crippen LogP contribution in [0.5, 0.6) is 5.75 Å². The first-order valence-corrected chi connectivity index (χ1v) is 9.82. The van der Waals surface area contributed by atoms with Crippen LogP contribution in [0.15, 0.2) is 54.7 Å². The van der Waals surface area contributed by atoms with E-state index in [1.807, 2.05) is 6.07 Å². The van der Waals surface area contributed by atoms with Crippen LogP contribution in [-0.4, -0.2) is 55.8 Å². The fourth-order valence-corrected chi connectivity index (χ4v) is 3.44. The Labute approximate surface area is 174 Å². The third-order valence-corrected chi connectivity index (χ3v) is 5.05. The number of fused-ring (bicyclic) bond motifs is 1. The highest BCUT2D eigenvalue weighted by atomic mass is 19.1. The predicted octanol–water partition coefficient (Wildman–Crippen LogP) is 3.61. The van der Waals surface area contributed by atoms with Gasteiger partial charge in [0.2, 0.25) is 0 Å². The molecule has 1 fully saturated rings. The predicted molar refractivity (Wildman–Crippen MR) is 110 cm³/mol. The Hall–Kier alpha value is -3.03. The zero-order valence-electron chi connectivity index (χ0n) is 16.7. The lowest BCUT2D eigenvalue weighted by Gasteiger charge is -2.32. The molecule has 1 aliphatic rings. The highest BCUT2D eigenvalue weighted by molar-refractivity contribution is 5.94. The molecule has 0 aliphatic carbocycles. The molecular weight excluding hydrogens is 387 g/mol. The van der Waals surface area contributed by atoms with Crippen molar-refractivity contribution in [2.24, 2.45) is 0 Å². The molecule has 0 N–H and O–H groups in total. The van der Waals surface area contributed by atoms with Crippen molar-refractivity contribution in [2.45, 2.75) is 6.10 Å². The van der Waals surface area contributed by atoms with E-state index >= 15 is 0 Å². The fourth-order valence-electron chi connectivity index (χ4n) is 3.44. The maximum atomic E-state index is 13.6. The molecule has 0 saturated carbocycles. The Morgan fingerprint density at radius 3 is 2.80 bits per heavy atom. The van der Waals surface area contributed by atoms with Gasteiger partial charge in [-0.25, -0.2) is 4.39 Å². The number of nitrogens with zero attached hydrogens (tertiary/aromatic N) is 2. The van der Waals surface area contributed by atoms with Crippen molar-refractivity contribution in [1.82, 2.24) is 9.88 Å². The van der Waals surface area contributed by atoms with Crippen LogP contribution in [0.25, 0.3) is 10.8 Å². The highest BCUT2D eigenvalue weighted by Gasteiger charge is 2.27. The molecule has 3 aromatic rings. The summed E-state index contributed by atoms with van der Waals surface area (Å²) >= 11 is 0. The molecule has 0 bridgehead atoms. The van der Waals surface area contributed by atoms with Crippen molar-refractivity contribution in [3.63, 3.8) is 0 Å². The fraction of sp³-hybridized carbons (Fsp3) is 0.304. The summed E-state index contributed by atoms with van der Waals surface area (Å²) in [6.45, 7) is 2.27. The van der Waals surface area contributed by atoms with E-state index in [0.29, 0.717) is 49.9 Å². The number of halogens is 1. The standard InChI is InChI=1S/C23H23FN2O4/c1-28-10-11-29-20-6-3-16(4-7-20)23(27)26-8-9-30-22(15-26)21-13-18-12-19(24)5-2-17(18)14-25-21/h2-7,12-14,22H,8-11,15H2,1H3. The molecule has 156 valence electrons. The first kappa shape index (κ1) is 20.3.